The van der Waals surface area contributed by atoms with Crippen LogP contribution in [-0.2, 0) is 0 Å². The van der Waals surface area contributed by atoms with Crippen molar-refractivity contribution in [1.82, 2.24) is 9.97 Å². The summed E-state index contributed by atoms with van der Waals surface area (Å²) in [4.78, 5) is 9.54. The predicted molar refractivity (Wildman–Crippen MR) is 64.5 cm³/mol. The number of nitrogens with two attached hydrogens (primary N) is 1. The number of aromatic nitrogens is 2. The van der Waals surface area contributed by atoms with Crippen molar-refractivity contribution < 1.29 is 4.74 Å². The lowest BCUT2D eigenvalue weighted by atomic mass is 10.3. The van der Waals surface area contributed by atoms with Crippen LogP contribution >= 0.6 is 11.3 Å². The van der Waals surface area contributed by atoms with Crippen molar-refractivity contribution in [1.29, 1.82) is 0 Å². The molecule has 2 aromatic rings. The molecule has 2 aromatic heterocycles. The van der Waals surface area contributed by atoms with Crippen LogP contribution in [-0.4, -0.2) is 17.1 Å². The van der Waals surface area contributed by atoms with E-state index < -0.39 is 0 Å². The third-order valence-electron chi connectivity index (χ3n) is 2.16. The van der Waals surface area contributed by atoms with Crippen LogP contribution < -0.4 is 10.5 Å². The zero-order chi connectivity index (χ0) is 11.5. The minimum absolute atomic E-state index is 0.0254. The highest BCUT2D eigenvalue weighted by Gasteiger charge is 2.07. The normalized spacial score (nSPS) is 12.4. The number of pyridine rings is 1. The van der Waals surface area contributed by atoms with E-state index in [9.17, 15) is 0 Å². The van der Waals surface area contributed by atoms with E-state index in [1.165, 1.54) is 0 Å². The molecular formula is C11H13N3OS. The van der Waals surface area contributed by atoms with E-state index >= 15 is 0 Å². The molecule has 2 rings (SSSR count). The Labute approximate surface area is 98.1 Å². The summed E-state index contributed by atoms with van der Waals surface area (Å²) in [7, 11) is 1.60. The molecule has 2 N–H and O–H groups in total. The first-order valence-electron chi connectivity index (χ1n) is 4.92. The lowest BCUT2D eigenvalue weighted by Gasteiger charge is -1.99. The smallest absolute Gasteiger partial charge is 0.212 e. The van der Waals surface area contributed by atoms with Gasteiger partial charge in [-0.25, -0.2) is 9.97 Å². The fraction of sp³-hybridized carbons (Fsp3) is 0.273. The van der Waals surface area contributed by atoms with Gasteiger partial charge in [0.1, 0.15) is 5.01 Å². The zero-order valence-electron chi connectivity index (χ0n) is 9.18. The topological polar surface area (TPSA) is 61.0 Å². The van der Waals surface area contributed by atoms with Gasteiger partial charge in [-0.2, -0.15) is 0 Å². The summed E-state index contributed by atoms with van der Waals surface area (Å²) in [6.07, 6.45) is 3.57. The average molecular weight is 235 g/mol. The van der Waals surface area contributed by atoms with Gasteiger partial charge in [-0.1, -0.05) is 0 Å². The Balaban J connectivity index is 2.28. The van der Waals surface area contributed by atoms with Gasteiger partial charge in [-0.3, -0.25) is 0 Å². The van der Waals surface area contributed by atoms with E-state index in [1.807, 2.05) is 25.3 Å². The van der Waals surface area contributed by atoms with Crippen LogP contribution in [0.4, 0.5) is 0 Å². The monoisotopic (exact) mass is 235 g/mol. The highest BCUT2D eigenvalue weighted by Crippen LogP contribution is 2.27. The maximum atomic E-state index is 5.79. The van der Waals surface area contributed by atoms with E-state index in [2.05, 4.69) is 9.97 Å². The van der Waals surface area contributed by atoms with E-state index in [-0.39, 0.29) is 6.04 Å². The maximum absolute atomic E-state index is 5.79. The van der Waals surface area contributed by atoms with Crippen LogP contribution in [0, 0.1) is 0 Å². The number of nitrogens with zero attached hydrogens (tertiary/aromatic N) is 2. The molecule has 0 aliphatic carbocycles. The Bertz CT molecular complexity index is 464. The Morgan fingerprint density at radius 2 is 2.12 bits per heavy atom. The summed E-state index contributed by atoms with van der Waals surface area (Å²) in [5.41, 5.74) is 6.77. The molecule has 0 amide bonds. The molecule has 2 heterocycles. The van der Waals surface area contributed by atoms with Crippen LogP contribution in [0.25, 0.3) is 10.6 Å². The van der Waals surface area contributed by atoms with Gasteiger partial charge in [0.25, 0.3) is 0 Å². The molecule has 0 radical (unpaired) electrons. The molecule has 0 aliphatic rings. The van der Waals surface area contributed by atoms with E-state index in [1.54, 1.807) is 24.6 Å². The van der Waals surface area contributed by atoms with Crippen molar-refractivity contribution in [3.8, 4) is 16.5 Å². The van der Waals surface area contributed by atoms with Crippen molar-refractivity contribution >= 4 is 11.3 Å². The molecule has 0 bridgehead atoms. The second kappa shape index (κ2) is 4.59. The second-order valence-electron chi connectivity index (χ2n) is 3.45. The largest absolute Gasteiger partial charge is 0.481 e. The number of hydrogen-bond donors (Lipinski definition) is 1. The molecule has 1 atom stereocenters. The van der Waals surface area contributed by atoms with Crippen LogP contribution in [0.2, 0.25) is 0 Å². The summed E-state index contributed by atoms with van der Waals surface area (Å²) >= 11 is 1.59. The van der Waals surface area contributed by atoms with Gasteiger partial charge in [0.05, 0.1) is 7.11 Å². The molecule has 84 valence electrons. The summed E-state index contributed by atoms with van der Waals surface area (Å²) in [5, 5.41) is 0.933. The van der Waals surface area contributed by atoms with Gasteiger partial charge in [-0.15, -0.1) is 11.3 Å². The molecule has 0 saturated heterocycles. The van der Waals surface area contributed by atoms with Crippen LogP contribution in [0.3, 0.4) is 0 Å². The minimum Gasteiger partial charge on any atom is -0.481 e. The Kier molecular flexibility index (Phi) is 3.17. The molecule has 4 nitrogen and oxygen atoms in total. The lowest BCUT2D eigenvalue weighted by Crippen LogP contribution is -2.01. The number of rotatable bonds is 3. The first kappa shape index (κ1) is 11.0. The second-order valence-corrected chi connectivity index (χ2v) is 4.51. The third-order valence-corrected chi connectivity index (χ3v) is 3.41. The van der Waals surface area contributed by atoms with E-state index in [0.717, 1.165) is 15.4 Å². The first-order valence-corrected chi connectivity index (χ1v) is 5.74. The van der Waals surface area contributed by atoms with Crippen molar-refractivity contribution in [3.63, 3.8) is 0 Å². The Hall–Kier alpha value is -1.46. The number of methoxy groups -OCH3 is 1. The zero-order valence-corrected chi connectivity index (χ0v) is 9.99. The fourth-order valence-electron chi connectivity index (χ4n) is 1.26. The van der Waals surface area contributed by atoms with Crippen LogP contribution in [0.1, 0.15) is 17.8 Å². The summed E-state index contributed by atoms with van der Waals surface area (Å²) in [5.74, 6) is 0.604. The van der Waals surface area contributed by atoms with Gasteiger partial charge < -0.3 is 10.5 Å². The van der Waals surface area contributed by atoms with Gasteiger partial charge in [0, 0.05) is 34.9 Å². The van der Waals surface area contributed by atoms with Crippen molar-refractivity contribution in [2.75, 3.05) is 7.11 Å². The first-order chi connectivity index (χ1) is 7.70. The standard InChI is InChI=1S/C11H13N3OS/c1-7(12)9-6-14-11(16-9)8-3-4-10(15-2)13-5-8/h3-7H,12H2,1-2H3. The van der Waals surface area contributed by atoms with Crippen molar-refractivity contribution in [3.05, 3.63) is 29.4 Å². The quantitative estimate of drug-likeness (QED) is 0.886. The molecule has 0 aliphatic heterocycles. The molecule has 0 aromatic carbocycles. The fourth-order valence-corrected chi connectivity index (χ4v) is 2.12. The van der Waals surface area contributed by atoms with Gasteiger partial charge in [0.15, 0.2) is 0 Å². The molecule has 0 spiro atoms. The third kappa shape index (κ3) is 2.20. The number of ether oxygens (including phenoxy) is 1. The van der Waals surface area contributed by atoms with Gasteiger partial charge in [0.2, 0.25) is 5.88 Å². The predicted octanol–water partition coefficient (Wildman–Crippen LogP) is 2.23. The highest BCUT2D eigenvalue weighted by molar-refractivity contribution is 7.15. The SMILES string of the molecule is COc1ccc(-c2ncc(C(C)N)s2)cn1. The van der Waals surface area contributed by atoms with E-state index in [4.69, 9.17) is 10.5 Å². The molecule has 1 unspecified atom stereocenters. The Morgan fingerprint density at radius 3 is 2.62 bits per heavy atom. The molecule has 5 heteroatoms. The summed E-state index contributed by atoms with van der Waals surface area (Å²) in [6, 6.07) is 3.79. The summed E-state index contributed by atoms with van der Waals surface area (Å²) < 4.78 is 5.00. The van der Waals surface area contributed by atoms with E-state index in [0.29, 0.717) is 5.88 Å². The molecule has 16 heavy (non-hydrogen) atoms. The highest BCUT2D eigenvalue weighted by atomic mass is 32.1. The molecule has 0 saturated carbocycles. The average Bonchev–Trinajstić information content (AvgIpc) is 2.78. The maximum Gasteiger partial charge on any atom is 0.212 e. The van der Waals surface area contributed by atoms with Crippen molar-refractivity contribution in [2.24, 2.45) is 5.73 Å². The Morgan fingerprint density at radius 1 is 1.31 bits per heavy atom. The van der Waals surface area contributed by atoms with Gasteiger partial charge >= 0.3 is 0 Å². The number of hydrogen-bond acceptors (Lipinski definition) is 5. The van der Waals surface area contributed by atoms with Crippen LogP contribution in [0.15, 0.2) is 24.5 Å². The minimum atomic E-state index is 0.0254. The molecule has 0 fully saturated rings. The van der Waals surface area contributed by atoms with Crippen molar-refractivity contribution in [2.45, 2.75) is 13.0 Å². The lowest BCUT2D eigenvalue weighted by molar-refractivity contribution is 0.398. The van der Waals surface area contributed by atoms with Crippen LogP contribution in [0.5, 0.6) is 5.88 Å². The number of thiazole rings is 1. The molecular weight excluding hydrogens is 222 g/mol. The van der Waals surface area contributed by atoms with Gasteiger partial charge in [-0.05, 0) is 13.0 Å². The summed E-state index contributed by atoms with van der Waals surface area (Å²) in [6.45, 7) is 1.95.